The van der Waals surface area contributed by atoms with Crippen LogP contribution in [0.1, 0.15) is 78.9 Å². The number of carbonyl (C=O) groups is 5. The molecule has 3 aliphatic rings. The predicted molar refractivity (Wildman–Crippen MR) is 198 cm³/mol. The van der Waals surface area contributed by atoms with Crippen molar-refractivity contribution in [1.82, 2.24) is 31.5 Å². The number of hydrogen-bond donors (Lipinski definition) is 6. The van der Waals surface area contributed by atoms with Crippen molar-refractivity contribution in [3.8, 4) is 0 Å². The summed E-state index contributed by atoms with van der Waals surface area (Å²) in [5.74, 6) is -1.69. The fourth-order valence-corrected chi connectivity index (χ4v) is 7.87. The van der Waals surface area contributed by atoms with Crippen LogP contribution in [0.4, 0.5) is 9.59 Å². The summed E-state index contributed by atoms with van der Waals surface area (Å²) in [5, 5.41) is 25.1. The van der Waals surface area contributed by atoms with Crippen molar-refractivity contribution in [3.05, 3.63) is 48.0 Å². The SMILES string of the molecule is C=CCNC(=O)C(O)C(CCCC)NC(=O)[C@@H]1[C@@H]2[C@H](CN1C(=O)[C@@H](NC(=O)N[C@H](COC(=O)NCC)C(C)(C)C)C1Cc3ccccc3C1)C2(C)C. The molecule has 0 aromatic heterocycles. The van der Waals surface area contributed by atoms with Crippen LogP contribution in [0, 0.1) is 28.6 Å². The van der Waals surface area contributed by atoms with Crippen molar-refractivity contribution in [2.45, 2.75) is 111 Å². The number of alkyl carbamates (subject to hydrolysis) is 1. The van der Waals surface area contributed by atoms with Crippen LogP contribution in [0.15, 0.2) is 36.9 Å². The average molecular weight is 725 g/mol. The molecule has 4 rings (SSSR count). The molecule has 1 aliphatic heterocycles. The van der Waals surface area contributed by atoms with Gasteiger partial charge < -0.3 is 41.3 Å². The second-order valence-electron chi connectivity index (χ2n) is 16.2. The lowest BCUT2D eigenvalue weighted by molar-refractivity contribution is -0.144. The zero-order valence-corrected chi connectivity index (χ0v) is 31.9. The van der Waals surface area contributed by atoms with Crippen LogP contribution in [0.3, 0.4) is 0 Å². The molecule has 52 heavy (non-hydrogen) atoms. The maximum Gasteiger partial charge on any atom is 0.407 e. The van der Waals surface area contributed by atoms with Crippen molar-refractivity contribution >= 4 is 29.8 Å². The van der Waals surface area contributed by atoms with E-state index < -0.39 is 59.6 Å². The van der Waals surface area contributed by atoms with E-state index in [4.69, 9.17) is 4.74 Å². The topological polar surface area (TPSA) is 178 Å². The molecule has 1 saturated heterocycles. The van der Waals surface area contributed by atoms with Gasteiger partial charge in [0.05, 0.1) is 12.1 Å². The highest BCUT2D eigenvalue weighted by Crippen LogP contribution is 2.65. The van der Waals surface area contributed by atoms with Crippen molar-refractivity contribution in [3.63, 3.8) is 0 Å². The Morgan fingerprint density at radius 1 is 1.04 bits per heavy atom. The first-order valence-electron chi connectivity index (χ1n) is 18.8. The molecule has 6 amide bonds. The highest BCUT2D eigenvalue weighted by Gasteiger charge is 2.69. The average Bonchev–Trinajstić information content (AvgIpc) is 3.44. The van der Waals surface area contributed by atoms with E-state index in [1.807, 2.05) is 52.0 Å². The van der Waals surface area contributed by atoms with E-state index in [1.165, 1.54) is 6.08 Å². The summed E-state index contributed by atoms with van der Waals surface area (Å²) in [4.78, 5) is 69.2. The van der Waals surface area contributed by atoms with Gasteiger partial charge in [-0.15, -0.1) is 6.58 Å². The number of unbranched alkanes of at least 4 members (excludes halogenated alkanes) is 1. The minimum absolute atomic E-state index is 0.0697. The van der Waals surface area contributed by atoms with Gasteiger partial charge in [0.1, 0.15) is 18.7 Å². The fourth-order valence-electron chi connectivity index (χ4n) is 7.87. The third-order valence-electron chi connectivity index (χ3n) is 11.2. The minimum atomic E-state index is -1.48. The van der Waals surface area contributed by atoms with Gasteiger partial charge in [-0.3, -0.25) is 14.4 Å². The molecule has 13 heteroatoms. The van der Waals surface area contributed by atoms with Gasteiger partial charge in [0.15, 0.2) is 6.10 Å². The molecule has 288 valence electrons. The Balaban J connectivity index is 1.59. The van der Waals surface area contributed by atoms with E-state index in [2.05, 4.69) is 47.0 Å². The number of carbonyl (C=O) groups excluding carboxylic acids is 5. The van der Waals surface area contributed by atoms with Crippen LogP contribution in [-0.2, 0) is 32.0 Å². The Bertz CT molecular complexity index is 1450. The van der Waals surface area contributed by atoms with Crippen molar-refractivity contribution in [2.24, 2.45) is 28.6 Å². The molecule has 0 radical (unpaired) electrons. The van der Waals surface area contributed by atoms with Crippen LogP contribution in [0.2, 0.25) is 0 Å². The molecule has 13 nitrogen and oxygen atoms in total. The number of rotatable bonds is 16. The van der Waals surface area contributed by atoms with E-state index in [0.29, 0.717) is 38.8 Å². The van der Waals surface area contributed by atoms with Crippen LogP contribution in [0.25, 0.3) is 0 Å². The van der Waals surface area contributed by atoms with Gasteiger partial charge in [-0.2, -0.15) is 0 Å². The standard InChI is InChI=1S/C39H60N6O7/c1-9-12-17-27(32(46)34(48)41-18-10-2)42-33(47)31-29-26(39(29,7)8)21-45(31)35(49)30(25-19-23-15-13-14-16-24(23)20-25)44-36(50)43-28(38(4,5)6)22-52-37(51)40-11-3/h10,13-16,25-32,46H,2,9,11-12,17-22H2,1,3-8H3,(H,40,51)(H,41,48)(H,42,47)(H2,43,44,50)/t26-,27?,28+,29-,30-,31-,32?/m0/s1. The minimum Gasteiger partial charge on any atom is -0.447 e. The quantitative estimate of drug-likeness (QED) is 0.142. The number of likely N-dealkylation sites (tertiary alicyclic amines) is 1. The molecule has 7 atom stereocenters. The third-order valence-corrected chi connectivity index (χ3v) is 11.2. The number of ether oxygens (including phenoxy) is 1. The van der Waals surface area contributed by atoms with Crippen LogP contribution in [0.5, 0.6) is 0 Å². The van der Waals surface area contributed by atoms with E-state index in [1.54, 1.807) is 11.8 Å². The summed E-state index contributed by atoms with van der Waals surface area (Å²) in [6.45, 7) is 18.2. The number of nitrogens with one attached hydrogen (secondary N) is 5. The lowest BCUT2D eigenvalue weighted by Gasteiger charge is -2.36. The lowest BCUT2D eigenvalue weighted by atomic mass is 9.87. The summed E-state index contributed by atoms with van der Waals surface area (Å²) in [7, 11) is 0. The van der Waals surface area contributed by atoms with E-state index in [9.17, 15) is 29.1 Å². The Hall–Kier alpha value is -4.13. The smallest absolute Gasteiger partial charge is 0.407 e. The number of piperidine rings is 1. The summed E-state index contributed by atoms with van der Waals surface area (Å²) >= 11 is 0. The number of benzene rings is 1. The molecule has 2 aliphatic carbocycles. The molecular weight excluding hydrogens is 664 g/mol. The molecule has 2 unspecified atom stereocenters. The maximum atomic E-state index is 14.8. The van der Waals surface area contributed by atoms with Crippen molar-refractivity contribution < 1.29 is 33.8 Å². The first kappa shape index (κ1) is 40.6. The number of fused-ring (bicyclic) bond motifs is 2. The Labute approximate surface area is 308 Å². The first-order chi connectivity index (χ1) is 24.5. The Morgan fingerprint density at radius 3 is 2.27 bits per heavy atom. The molecule has 1 aromatic carbocycles. The number of urea groups is 1. The molecular formula is C39H60N6O7. The summed E-state index contributed by atoms with van der Waals surface area (Å²) in [6, 6.07) is 4.17. The summed E-state index contributed by atoms with van der Waals surface area (Å²) in [5.41, 5.74) is 1.54. The van der Waals surface area contributed by atoms with E-state index in [-0.39, 0.29) is 42.2 Å². The van der Waals surface area contributed by atoms with Crippen LogP contribution in [-0.4, -0.2) is 96.4 Å². The number of hydrogen-bond acceptors (Lipinski definition) is 7. The Kier molecular flexibility index (Phi) is 13.4. The van der Waals surface area contributed by atoms with Crippen LogP contribution < -0.4 is 26.6 Å². The second-order valence-corrected chi connectivity index (χ2v) is 16.2. The monoisotopic (exact) mass is 724 g/mol. The molecule has 6 N–H and O–H groups in total. The lowest BCUT2D eigenvalue weighted by Crippen LogP contribution is -2.61. The number of aliphatic hydroxyl groups is 1. The maximum absolute atomic E-state index is 14.8. The van der Waals surface area contributed by atoms with Gasteiger partial charge in [0.25, 0.3) is 5.91 Å². The number of amides is 6. The fraction of sp³-hybridized carbons (Fsp3) is 0.667. The van der Waals surface area contributed by atoms with Crippen molar-refractivity contribution in [1.29, 1.82) is 0 Å². The Morgan fingerprint density at radius 2 is 1.69 bits per heavy atom. The van der Waals surface area contributed by atoms with Gasteiger partial charge in [-0.05, 0) is 65.9 Å². The molecule has 1 aromatic rings. The van der Waals surface area contributed by atoms with Gasteiger partial charge in [0.2, 0.25) is 11.8 Å². The predicted octanol–water partition coefficient (Wildman–Crippen LogP) is 3.05. The molecule has 0 spiro atoms. The first-order valence-corrected chi connectivity index (χ1v) is 18.8. The molecule has 2 fully saturated rings. The summed E-state index contributed by atoms with van der Waals surface area (Å²) < 4.78 is 5.37. The van der Waals surface area contributed by atoms with Gasteiger partial charge in [-0.1, -0.05) is 84.7 Å². The molecule has 1 saturated carbocycles. The highest BCUT2D eigenvalue weighted by molar-refractivity contribution is 5.94. The summed E-state index contributed by atoms with van der Waals surface area (Å²) in [6.07, 6.45) is 2.45. The van der Waals surface area contributed by atoms with Gasteiger partial charge in [0, 0.05) is 19.6 Å². The zero-order chi connectivity index (χ0) is 38.4. The number of nitrogens with zero attached hydrogens (tertiary/aromatic N) is 1. The third kappa shape index (κ3) is 9.45. The van der Waals surface area contributed by atoms with Crippen LogP contribution >= 0.6 is 0 Å². The zero-order valence-electron chi connectivity index (χ0n) is 31.9. The van der Waals surface area contributed by atoms with E-state index >= 15 is 0 Å². The molecule has 0 bridgehead atoms. The van der Waals surface area contributed by atoms with E-state index in [0.717, 1.165) is 17.5 Å². The highest BCUT2D eigenvalue weighted by atomic mass is 16.5. The van der Waals surface area contributed by atoms with Gasteiger partial charge in [-0.25, -0.2) is 9.59 Å². The largest absolute Gasteiger partial charge is 0.447 e. The number of aliphatic hydroxyl groups excluding tert-OH is 1. The molecule has 1 heterocycles. The second kappa shape index (κ2) is 17.1. The normalized spacial score (nSPS) is 22.5. The van der Waals surface area contributed by atoms with Gasteiger partial charge >= 0.3 is 12.1 Å². The van der Waals surface area contributed by atoms with Crippen molar-refractivity contribution in [2.75, 3.05) is 26.2 Å².